The van der Waals surface area contributed by atoms with Crippen LogP contribution < -0.4 is 0 Å². The lowest BCUT2D eigenvalue weighted by Gasteiger charge is -2.38. The summed E-state index contributed by atoms with van der Waals surface area (Å²) in [5, 5.41) is 0. The van der Waals surface area contributed by atoms with E-state index in [0.29, 0.717) is 18.0 Å². The van der Waals surface area contributed by atoms with Gasteiger partial charge in [-0.2, -0.15) is 0 Å². The monoisotopic (exact) mass is 320 g/mol. The molecular weight excluding hydrogens is 288 g/mol. The lowest BCUT2D eigenvalue weighted by molar-refractivity contribution is -0.146. The van der Waals surface area contributed by atoms with Gasteiger partial charge in [-0.1, -0.05) is 33.6 Å². The molecule has 2 amide bonds. The quantitative estimate of drug-likeness (QED) is 0.801. The van der Waals surface area contributed by atoms with Crippen LogP contribution in [0, 0.1) is 11.3 Å². The zero-order valence-electron chi connectivity index (χ0n) is 15.0. The lowest BCUT2D eigenvalue weighted by atomic mass is 9.90. The molecule has 0 bridgehead atoms. The number of likely N-dealkylation sites (tertiary alicyclic amines) is 1. The third-order valence-corrected chi connectivity index (χ3v) is 5.69. The minimum absolute atomic E-state index is 0.139. The first kappa shape index (κ1) is 16.8. The fraction of sp³-hybridized carbons (Fsp3) is 0.895. The molecule has 0 spiro atoms. The molecule has 1 heterocycles. The Morgan fingerprint density at radius 2 is 1.39 bits per heavy atom. The molecule has 3 fully saturated rings. The summed E-state index contributed by atoms with van der Waals surface area (Å²) in [5.41, 5.74) is -0.319. The van der Waals surface area contributed by atoms with Crippen LogP contribution >= 0.6 is 0 Å². The number of nitrogens with zero attached hydrogens (tertiary/aromatic N) is 2. The molecule has 0 N–H and O–H groups in total. The summed E-state index contributed by atoms with van der Waals surface area (Å²) in [6.07, 6.45) is 9.03. The molecule has 0 aromatic rings. The van der Waals surface area contributed by atoms with E-state index in [2.05, 4.69) is 4.90 Å². The third kappa shape index (κ3) is 3.72. The van der Waals surface area contributed by atoms with E-state index in [4.69, 9.17) is 0 Å². The van der Waals surface area contributed by atoms with Gasteiger partial charge >= 0.3 is 0 Å². The predicted molar refractivity (Wildman–Crippen MR) is 90.9 cm³/mol. The van der Waals surface area contributed by atoms with E-state index < -0.39 is 0 Å². The normalized spacial score (nSPS) is 24.0. The van der Waals surface area contributed by atoms with Crippen molar-refractivity contribution in [3.63, 3.8) is 0 Å². The zero-order valence-corrected chi connectivity index (χ0v) is 15.0. The second kappa shape index (κ2) is 6.45. The van der Waals surface area contributed by atoms with Crippen LogP contribution in [0.3, 0.4) is 0 Å². The summed E-state index contributed by atoms with van der Waals surface area (Å²) in [4.78, 5) is 29.7. The Balaban J connectivity index is 1.58. The Labute approximate surface area is 140 Å². The van der Waals surface area contributed by atoms with Crippen molar-refractivity contribution in [2.45, 2.75) is 84.2 Å². The molecule has 4 nitrogen and oxygen atoms in total. The summed E-state index contributed by atoms with van der Waals surface area (Å²) in [7, 11) is 0. The Morgan fingerprint density at radius 1 is 0.870 bits per heavy atom. The van der Waals surface area contributed by atoms with Gasteiger partial charge in [-0.25, -0.2) is 0 Å². The highest BCUT2D eigenvalue weighted by atomic mass is 16.2. The molecule has 4 heteroatoms. The average molecular weight is 320 g/mol. The minimum Gasteiger partial charge on any atom is -0.342 e. The molecule has 0 aromatic carbocycles. The molecule has 0 radical (unpaired) electrons. The molecule has 0 atom stereocenters. The third-order valence-electron chi connectivity index (χ3n) is 5.69. The minimum atomic E-state index is -0.319. The van der Waals surface area contributed by atoms with Crippen LogP contribution in [-0.2, 0) is 9.59 Å². The van der Waals surface area contributed by atoms with Crippen LogP contribution in [0.25, 0.3) is 0 Å². The van der Waals surface area contributed by atoms with Gasteiger partial charge in [0.2, 0.25) is 11.8 Å². The topological polar surface area (TPSA) is 40.6 Å². The largest absolute Gasteiger partial charge is 0.342 e. The Hall–Kier alpha value is -1.06. The summed E-state index contributed by atoms with van der Waals surface area (Å²) in [6.45, 7) is 7.41. The number of piperidine rings is 1. The smallest absolute Gasteiger partial charge is 0.227 e. The van der Waals surface area contributed by atoms with Gasteiger partial charge < -0.3 is 9.80 Å². The number of carbonyl (C=O) groups excluding carboxylic acids is 2. The molecule has 130 valence electrons. The van der Waals surface area contributed by atoms with E-state index in [1.807, 2.05) is 25.7 Å². The Morgan fingerprint density at radius 3 is 1.87 bits per heavy atom. The van der Waals surface area contributed by atoms with E-state index in [9.17, 15) is 9.59 Å². The number of amides is 2. The van der Waals surface area contributed by atoms with Crippen LogP contribution in [0.15, 0.2) is 0 Å². The fourth-order valence-corrected chi connectivity index (χ4v) is 4.21. The van der Waals surface area contributed by atoms with Gasteiger partial charge in [0, 0.05) is 36.5 Å². The Bertz CT molecular complexity index is 450. The van der Waals surface area contributed by atoms with Gasteiger partial charge in [-0.3, -0.25) is 9.59 Å². The molecule has 0 unspecified atom stereocenters. The van der Waals surface area contributed by atoms with Crippen LogP contribution in [0.4, 0.5) is 0 Å². The highest BCUT2D eigenvalue weighted by molar-refractivity contribution is 5.83. The fourth-order valence-electron chi connectivity index (χ4n) is 4.21. The molecule has 1 aliphatic heterocycles. The van der Waals surface area contributed by atoms with Crippen molar-refractivity contribution >= 4 is 11.8 Å². The first-order chi connectivity index (χ1) is 10.9. The second-order valence-corrected chi connectivity index (χ2v) is 8.73. The molecule has 2 aliphatic carbocycles. The number of rotatable bonds is 3. The van der Waals surface area contributed by atoms with Crippen LogP contribution in [0.5, 0.6) is 0 Å². The van der Waals surface area contributed by atoms with Gasteiger partial charge in [0.15, 0.2) is 0 Å². The van der Waals surface area contributed by atoms with Gasteiger partial charge in [0.25, 0.3) is 0 Å². The number of hydrogen-bond acceptors (Lipinski definition) is 2. The van der Waals surface area contributed by atoms with Crippen molar-refractivity contribution in [1.82, 2.24) is 9.80 Å². The van der Waals surface area contributed by atoms with Crippen molar-refractivity contribution in [1.29, 1.82) is 0 Å². The van der Waals surface area contributed by atoms with E-state index in [-0.39, 0.29) is 17.2 Å². The molecular formula is C19H32N2O2. The van der Waals surface area contributed by atoms with Gasteiger partial charge in [-0.05, 0) is 38.5 Å². The maximum absolute atomic E-state index is 13.1. The van der Waals surface area contributed by atoms with E-state index in [1.165, 1.54) is 38.5 Å². The standard InChI is InChI=1S/C19H32N2O2/c1-19(2,3)18(23)20-12-10-14(11-13-20)17(22)21(16-8-9-16)15-6-4-5-7-15/h14-16H,4-13H2,1-3H3. The summed E-state index contributed by atoms with van der Waals surface area (Å²) >= 11 is 0. The van der Waals surface area contributed by atoms with Crippen molar-refractivity contribution in [3.8, 4) is 0 Å². The summed E-state index contributed by atoms with van der Waals surface area (Å²) < 4.78 is 0. The number of carbonyl (C=O) groups is 2. The predicted octanol–water partition coefficient (Wildman–Crippen LogP) is 3.20. The second-order valence-electron chi connectivity index (χ2n) is 8.73. The van der Waals surface area contributed by atoms with Crippen molar-refractivity contribution in [2.75, 3.05) is 13.1 Å². The number of hydrogen-bond donors (Lipinski definition) is 0. The highest BCUT2D eigenvalue weighted by Crippen LogP contribution is 2.37. The summed E-state index contributed by atoms with van der Waals surface area (Å²) in [5.74, 6) is 0.751. The molecule has 2 saturated carbocycles. The molecule has 23 heavy (non-hydrogen) atoms. The molecule has 3 rings (SSSR count). The maximum atomic E-state index is 13.1. The highest BCUT2D eigenvalue weighted by Gasteiger charge is 2.42. The first-order valence-electron chi connectivity index (χ1n) is 9.49. The SMILES string of the molecule is CC(C)(C)C(=O)N1CCC(C(=O)N(C2CCCC2)C2CC2)CC1. The van der Waals surface area contributed by atoms with E-state index >= 15 is 0 Å². The van der Waals surface area contributed by atoms with Gasteiger partial charge in [0.1, 0.15) is 0 Å². The molecule has 1 saturated heterocycles. The van der Waals surface area contributed by atoms with Gasteiger partial charge in [0.05, 0.1) is 0 Å². The van der Waals surface area contributed by atoms with Crippen LogP contribution in [0.1, 0.15) is 72.1 Å². The van der Waals surface area contributed by atoms with E-state index in [0.717, 1.165) is 25.9 Å². The average Bonchev–Trinajstić information content (AvgIpc) is 3.20. The molecule has 3 aliphatic rings. The van der Waals surface area contributed by atoms with Gasteiger partial charge in [-0.15, -0.1) is 0 Å². The van der Waals surface area contributed by atoms with Crippen molar-refractivity contribution < 1.29 is 9.59 Å². The van der Waals surface area contributed by atoms with E-state index in [1.54, 1.807) is 0 Å². The maximum Gasteiger partial charge on any atom is 0.227 e. The van der Waals surface area contributed by atoms with Crippen LogP contribution in [-0.4, -0.2) is 46.8 Å². The van der Waals surface area contributed by atoms with Crippen molar-refractivity contribution in [3.05, 3.63) is 0 Å². The first-order valence-corrected chi connectivity index (χ1v) is 9.49. The van der Waals surface area contributed by atoms with Crippen molar-refractivity contribution in [2.24, 2.45) is 11.3 Å². The molecule has 0 aromatic heterocycles. The lowest BCUT2D eigenvalue weighted by Crippen LogP contribution is -2.49. The van der Waals surface area contributed by atoms with Crippen LogP contribution in [0.2, 0.25) is 0 Å². The zero-order chi connectivity index (χ0) is 16.6. The summed E-state index contributed by atoms with van der Waals surface area (Å²) in [6, 6.07) is 1.03. The Kier molecular flexibility index (Phi) is 4.70.